The van der Waals surface area contributed by atoms with E-state index >= 15 is 0 Å². The molecule has 1 aromatic heterocycles. The fraction of sp³-hybridized carbons (Fsp3) is 0.550. The van der Waals surface area contributed by atoms with Gasteiger partial charge < -0.3 is 4.90 Å². The van der Waals surface area contributed by atoms with Crippen molar-refractivity contribution in [1.82, 2.24) is 19.2 Å². The summed E-state index contributed by atoms with van der Waals surface area (Å²) in [5.41, 5.74) is 0.599. The lowest BCUT2D eigenvalue weighted by molar-refractivity contribution is -0.136. The molecule has 1 amide bonds. The van der Waals surface area contributed by atoms with Gasteiger partial charge in [-0.15, -0.1) is 0 Å². The molecule has 1 aliphatic heterocycles. The highest BCUT2D eigenvalue weighted by atomic mass is 16.2. The summed E-state index contributed by atoms with van der Waals surface area (Å²) in [5, 5.41) is 4.60. The van der Waals surface area contributed by atoms with E-state index in [9.17, 15) is 9.59 Å². The van der Waals surface area contributed by atoms with Crippen LogP contribution in [0.5, 0.6) is 0 Å². The lowest BCUT2D eigenvalue weighted by atomic mass is 9.99. The Bertz CT molecular complexity index is 842. The molecule has 1 atom stereocenters. The van der Waals surface area contributed by atoms with Crippen LogP contribution in [0.3, 0.4) is 0 Å². The first-order valence-electron chi connectivity index (χ1n) is 9.62. The van der Waals surface area contributed by atoms with Gasteiger partial charge in [-0.05, 0) is 50.7 Å². The van der Waals surface area contributed by atoms with Crippen LogP contribution in [0.15, 0.2) is 35.1 Å². The number of piperidine rings is 1. The Balaban J connectivity index is 1.66. The molecule has 0 unspecified atom stereocenters. The Labute approximate surface area is 153 Å². The van der Waals surface area contributed by atoms with Crippen LogP contribution in [0.4, 0.5) is 0 Å². The molecule has 1 aliphatic carbocycles. The summed E-state index contributed by atoms with van der Waals surface area (Å²) in [6.45, 7) is 5.56. The zero-order valence-electron chi connectivity index (χ0n) is 15.5. The number of rotatable bonds is 4. The minimum absolute atomic E-state index is 0.000872. The molecule has 0 spiro atoms. The van der Waals surface area contributed by atoms with E-state index in [-0.39, 0.29) is 11.6 Å². The van der Waals surface area contributed by atoms with Crippen molar-refractivity contribution in [3.05, 3.63) is 46.6 Å². The van der Waals surface area contributed by atoms with Crippen LogP contribution in [0.2, 0.25) is 0 Å². The number of benzene rings is 1. The predicted molar refractivity (Wildman–Crippen MR) is 99.5 cm³/mol. The van der Waals surface area contributed by atoms with Crippen molar-refractivity contribution in [3.8, 4) is 5.69 Å². The molecule has 1 saturated carbocycles. The third-order valence-corrected chi connectivity index (χ3v) is 5.60. The highest BCUT2D eigenvalue weighted by Gasteiger charge is 2.34. The Kier molecular flexibility index (Phi) is 4.42. The molecule has 26 heavy (non-hydrogen) atoms. The third-order valence-electron chi connectivity index (χ3n) is 5.60. The van der Waals surface area contributed by atoms with Gasteiger partial charge >= 0.3 is 5.69 Å². The van der Waals surface area contributed by atoms with Crippen molar-refractivity contribution in [2.45, 2.75) is 51.5 Å². The molecule has 2 fully saturated rings. The largest absolute Gasteiger partial charge is 0.351 e. The van der Waals surface area contributed by atoms with Gasteiger partial charge in [0.1, 0.15) is 11.9 Å². The van der Waals surface area contributed by atoms with E-state index in [4.69, 9.17) is 0 Å². The molecule has 0 bridgehead atoms. The first kappa shape index (κ1) is 17.1. The second kappa shape index (κ2) is 6.74. The summed E-state index contributed by atoms with van der Waals surface area (Å²) in [6.07, 6.45) is 4.16. The van der Waals surface area contributed by atoms with E-state index < -0.39 is 6.04 Å². The molecular weight excluding hydrogens is 328 g/mol. The van der Waals surface area contributed by atoms with E-state index in [0.29, 0.717) is 11.8 Å². The Morgan fingerprint density at radius 2 is 1.77 bits per heavy atom. The maximum Gasteiger partial charge on any atom is 0.351 e. The fourth-order valence-corrected chi connectivity index (χ4v) is 3.67. The molecule has 6 nitrogen and oxygen atoms in total. The number of hydrogen-bond acceptors (Lipinski definition) is 3. The number of carbonyl (C=O) groups is 1. The quantitative estimate of drug-likeness (QED) is 0.848. The number of aromatic nitrogens is 3. The average Bonchev–Trinajstić information content (AvgIpc) is 3.45. The molecule has 4 rings (SSSR count). The van der Waals surface area contributed by atoms with Gasteiger partial charge in [0.15, 0.2) is 0 Å². The molecule has 1 saturated heterocycles. The van der Waals surface area contributed by atoms with Gasteiger partial charge in [-0.3, -0.25) is 4.79 Å². The number of hydrogen-bond donors (Lipinski definition) is 0. The highest BCUT2D eigenvalue weighted by Crippen LogP contribution is 2.39. The van der Waals surface area contributed by atoms with Crippen LogP contribution in [0, 0.1) is 5.92 Å². The zero-order chi connectivity index (χ0) is 18.3. The molecule has 0 radical (unpaired) electrons. The summed E-state index contributed by atoms with van der Waals surface area (Å²) in [6, 6.07) is 9.02. The van der Waals surface area contributed by atoms with Crippen LogP contribution in [-0.2, 0) is 4.79 Å². The first-order chi connectivity index (χ1) is 12.6. The molecule has 6 heteroatoms. The van der Waals surface area contributed by atoms with Crippen LogP contribution < -0.4 is 5.69 Å². The fourth-order valence-electron chi connectivity index (χ4n) is 3.67. The van der Waals surface area contributed by atoms with Crippen molar-refractivity contribution in [2.75, 3.05) is 13.1 Å². The van der Waals surface area contributed by atoms with Crippen LogP contribution in [0.1, 0.15) is 57.3 Å². The van der Waals surface area contributed by atoms with Crippen molar-refractivity contribution in [3.63, 3.8) is 0 Å². The van der Waals surface area contributed by atoms with Gasteiger partial charge in [-0.25, -0.2) is 14.0 Å². The van der Waals surface area contributed by atoms with Gasteiger partial charge in [0.2, 0.25) is 5.91 Å². The maximum atomic E-state index is 13.1. The average molecular weight is 354 g/mol. The van der Waals surface area contributed by atoms with E-state index in [1.165, 1.54) is 4.68 Å². The van der Waals surface area contributed by atoms with E-state index in [1.54, 1.807) is 11.5 Å². The lowest BCUT2D eigenvalue weighted by Crippen LogP contribution is -2.43. The number of carbonyl (C=O) groups excluding carboxylic acids is 1. The number of amides is 1. The number of nitrogens with zero attached hydrogens (tertiary/aromatic N) is 4. The van der Waals surface area contributed by atoms with Crippen LogP contribution >= 0.6 is 0 Å². The number of para-hydroxylation sites is 1. The highest BCUT2D eigenvalue weighted by molar-refractivity contribution is 5.80. The molecular formula is C20H26N4O2. The summed E-state index contributed by atoms with van der Waals surface area (Å²) in [7, 11) is 0. The van der Waals surface area contributed by atoms with E-state index in [0.717, 1.165) is 50.3 Å². The second-order valence-electron chi connectivity index (χ2n) is 7.71. The Morgan fingerprint density at radius 3 is 2.38 bits per heavy atom. The molecule has 2 aliphatic rings. The smallest absolute Gasteiger partial charge is 0.341 e. The van der Waals surface area contributed by atoms with Crippen molar-refractivity contribution < 1.29 is 4.79 Å². The molecule has 1 aromatic carbocycles. The lowest BCUT2D eigenvalue weighted by Gasteiger charge is -2.31. The van der Waals surface area contributed by atoms with Gasteiger partial charge in [-0.1, -0.05) is 25.1 Å². The minimum atomic E-state index is -0.571. The van der Waals surface area contributed by atoms with Crippen LogP contribution in [-0.4, -0.2) is 38.2 Å². The summed E-state index contributed by atoms with van der Waals surface area (Å²) >= 11 is 0. The predicted octanol–water partition coefficient (Wildman–Crippen LogP) is 2.73. The maximum absolute atomic E-state index is 13.1. The molecule has 138 valence electrons. The normalized spacial score (nSPS) is 19.5. The summed E-state index contributed by atoms with van der Waals surface area (Å²) < 4.78 is 3.07. The van der Waals surface area contributed by atoms with E-state index in [2.05, 4.69) is 12.0 Å². The number of likely N-dealkylation sites (tertiary alicyclic amines) is 1. The monoisotopic (exact) mass is 354 g/mol. The van der Waals surface area contributed by atoms with Crippen molar-refractivity contribution >= 4 is 5.91 Å². The van der Waals surface area contributed by atoms with Gasteiger partial charge in [0.25, 0.3) is 0 Å². The van der Waals surface area contributed by atoms with Gasteiger partial charge in [0.05, 0.1) is 5.69 Å². The second-order valence-corrected chi connectivity index (χ2v) is 7.71. The first-order valence-corrected chi connectivity index (χ1v) is 9.62. The standard InChI is InChI=1S/C20H26N4O2/c1-14-10-12-22(13-11-14)19(25)15(2)24-20(26)23(17-6-4-3-5-7-17)18(21-24)16-8-9-16/h3-7,14-16H,8-13H2,1-2H3/t15-/m1/s1. The SMILES string of the molecule is CC1CCN(C(=O)[C@@H](C)n2nc(C3CC3)n(-c3ccccc3)c2=O)CC1. The van der Waals surface area contributed by atoms with Gasteiger partial charge in [-0.2, -0.15) is 5.10 Å². The van der Waals surface area contributed by atoms with Crippen LogP contribution in [0.25, 0.3) is 5.69 Å². The van der Waals surface area contributed by atoms with Gasteiger partial charge in [0, 0.05) is 19.0 Å². The minimum Gasteiger partial charge on any atom is -0.341 e. The Morgan fingerprint density at radius 1 is 1.12 bits per heavy atom. The topological polar surface area (TPSA) is 60.1 Å². The molecule has 2 aromatic rings. The summed E-state index contributed by atoms with van der Waals surface area (Å²) in [5.74, 6) is 1.77. The zero-order valence-corrected chi connectivity index (χ0v) is 15.5. The third kappa shape index (κ3) is 3.08. The van der Waals surface area contributed by atoms with E-state index in [1.807, 2.05) is 35.2 Å². The van der Waals surface area contributed by atoms with Crippen molar-refractivity contribution in [1.29, 1.82) is 0 Å². The summed E-state index contributed by atoms with van der Waals surface area (Å²) in [4.78, 5) is 27.9. The Hall–Kier alpha value is -2.37. The molecule has 0 N–H and O–H groups in total. The molecule has 2 heterocycles. The van der Waals surface area contributed by atoms with Crippen molar-refractivity contribution in [2.24, 2.45) is 5.92 Å².